The van der Waals surface area contributed by atoms with Crippen LogP contribution in [-0.4, -0.2) is 72.5 Å². The molecule has 0 aliphatic carbocycles. The lowest BCUT2D eigenvalue weighted by Crippen LogP contribution is -2.29. The number of sulfonamides is 1. The fraction of sp³-hybridized carbons (Fsp3) is 0.480. The molecule has 1 aliphatic heterocycles. The maximum atomic E-state index is 12.6. The average molecular weight is 488 g/mol. The number of fused-ring (bicyclic) bond motifs is 1. The van der Waals surface area contributed by atoms with E-state index < -0.39 is 10.0 Å². The highest BCUT2D eigenvalue weighted by atomic mass is 32.2. The Morgan fingerprint density at radius 3 is 2.38 bits per heavy atom. The number of hydrogen-bond acceptors (Lipinski definition) is 7. The van der Waals surface area contributed by atoms with E-state index >= 15 is 0 Å². The van der Waals surface area contributed by atoms with Crippen molar-refractivity contribution in [2.75, 3.05) is 64.7 Å². The van der Waals surface area contributed by atoms with Crippen LogP contribution in [0.4, 0.5) is 5.69 Å². The molecule has 2 aromatic carbocycles. The summed E-state index contributed by atoms with van der Waals surface area (Å²) < 4.78 is 41.4. The highest BCUT2D eigenvalue weighted by molar-refractivity contribution is 7.92. The minimum Gasteiger partial charge on any atom is -0.382 e. The highest BCUT2D eigenvalue weighted by Gasteiger charge is 2.17. The van der Waals surface area contributed by atoms with Crippen LogP contribution in [-0.2, 0) is 24.2 Å². The Balaban J connectivity index is 1.55. The number of anilines is 1. The molecule has 0 amide bonds. The van der Waals surface area contributed by atoms with Crippen molar-refractivity contribution in [2.24, 2.45) is 0 Å². The van der Waals surface area contributed by atoms with Crippen molar-refractivity contribution in [1.29, 1.82) is 5.26 Å². The number of benzene rings is 2. The van der Waals surface area contributed by atoms with Gasteiger partial charge in [-0.15, -0.1) is 0 Å². The van der Waals surface area contributed by atoms with E-state index in [1.807, 2.05) is 18.2 Å². The summed E-state index contributed by atoms with van der Waals surface area (Å²) in [5.74, 6) is 0. The summed E-state index contributed by atoms with van der Waals surface area (Å²) in [4.78, 5) is 2.41. The Morgan fingerprint density at radius 2 is 1.65 bits per heavy atom. The van der Waals surface area contributed by atoms with Gasteiger partial charge in [-0.25, -0.2) is 12.7 Å². The Bertz CT molecular complexity index is 1090. The van der Waals surface area contributed by atoms with Gasteiger partial charge in [-0.05, 0) is 59.9 Å². The largest absolute Gasteiger partial charge is 0.382 e. The van der Waals surface area contributed by atoms with Crippen molar-refractivity contribution >= 4 is 32.6 Å². The molecule has 0 spiro atoms. The molecule has 0 radical (unpaired) electrons. The van der Waals surface area contributed by atoms with Crippen LogP contribution in [0.2, 0.25) is 0 Å². The zero-order chi connectivity index (χ0) is 24.2. The van der Waals surface area contributed by atoms with Crippen molar-refractivity contribution in [3.8, 4) is 6.19 Å². The van der Waals surface area contributed by atoms with Crippen molar-refractivity contribution in [3.63, 3.8) is 0 Å². The van der Waals surface area contributed by atoms with Gasteiger partial charge < -0.3 is 19.1 Å². The summed E-state index contributed by atoms with van der Waals surface area (Å²) in [6.07, 6.45) is 6.99. The van der Waals surface area contributed by atoms with Crippen molar-refractivity contribution in [3.05, 3.63) is 47.4 Å². The first-order valence-electron chi connectivity index (χ1n) is 11.6. The monoisotopic (exact) mass is 487 g/mol. The van der Waals surface area contributed by atoms with Crippen molar-refractivity contribution in [2.45, 2.75) is 19.3 Å². The van der Waals surface area contributed by atoms with E-state index in [9.17, 15) is 13.7 Å². The molecule has 8 nitrogen and oxygen atoms in total. The van der Waals surface area contributed by atoms with Crippen LogP contribution in [0.1, 0.15) is 24.8 Å². The second kappa shape index (κ2) is 13.3. The molecule has 0 aromatic heterocycles. The second-order valence-electron chi connectivity index (χ2n) is 8.08. The number of piperidine rings is 1. The van der Waals surface area contributed by atoms with E-state index in [2.05, 4.69) is 23.1 Å². The van der Waals surface area contributed by atoms with Gasteiger partial charge in [0, 0.05) is 25.9 Å². The van der Waals surface area contributed by atoms with Gasteiger partial charge in [0.2, 0.25) is 0 Å². The van der Waals surface area contributed by atoms with E-state index in [0.717, 1.165) is 39.1 Å². The molecule has 0 unspecified atom stereocenters. The van der Waals surface area contributed by atoms with Crippen LogP contribution in [0.5, 0.6) is 0 Å². The fourth-order valence-electron chi connectivity index (χ4n) is 3.79. The third kappa shape index (κ3) is 7.71. The van der Waals surface area contributed by atoms with Gasteiger partial charge in [0.25, 0.3) is 10.0 Å². The summed E-state index contributed by atoms with van der Waals surface area (Å²) >= 11 is 0. The van der Waals surface area contributed by atoms with E-state index in [0.29, 0.717) is 26.4 Å². The lowest BCUT2D eigenvalue weighted by molar-refractivity contribution is 0.0242. The van der Waals surface area contributed by atoms with E-state index in [1.165, 1.54) is 31.0 Å². The molecule has 1 heterocycles. The number of rotatable bonds is 13. The molecule has 2 aromatic rings. The van der Waals surface area contributed by atoms with Gasteiger partial charge in [-0.3, -0.25) is 0 Å². The zero-order valence-electron chi connectivity index (χ0n) is 19.7. The van der Waals surface area contributed by atoms with Crippen LogP contribution < -0.4 is 4.90 Å². The number of nitrogens with zero attached hydrogens (tertiary/aromatic N) is 3. The summed E-state index contributed by atoms with van der Waals surface area (Å²) in [7, 11) is -2.30. The lowest BCUT2D eigenvalue weighted by atomic mass is 10.0. The van der Waals surface area contributed by atoms with Gasteiger partial charge in [0.15, 0.2) is 6.19 Å². The predicted octanol–water partition coefficient (Wildman–Crippen LogP) is 3.59. The van der Waals surface area contributed by atoms with Gasteiger partial charge in [0.1, 0.15) is 0 Å². The van der Waals surface area contributed by atoms with E-state index in [1.54, 1.807) is 13.3 Å². The molecule has 3 rings (SSSR count). The van der Waals surface area contributed by atoms with Crippen LogP contribution >= 0.6 is 0 Å². The Kier molecular flexibility index (Phi) is 10.2. The van der Waals surface area contributed by atoms with Crippen LogP contribution in [0.15, 0.2) is 41.8 Å². The van der Waals surface area contributed by atoms with Crippen molar-refractivity contribution in [1.82, 2.24) is 4.31 Å². The number of methoxy groups -OCH3 is 1. The number of nitriles is 1. The van der Waals surface area contributed by atoms with Crippen molar-refractivity contribution < 1.29 is 22.6 Å². The maximum absolute atomic E-state index is 12.6. The summed E-state index contributed by atoms with van der Waals surface area (Å²) in [5, 5.41) is 12.5. The predicted molar refractivity (Wildman–Crippen MR) is 134 cm³/mol. The number of hydrogen-bond donors (Lipinski definition) is 0. The van der Waals surface area contributed by atoms with E-state index in [-0.39, 0.29) is 13.2 Å². The maximum Gasteiger partial charge on any atom is 0.265 e. The average Bonchev–Trinajstić information content (AvgIpc) is 2.86. The SMILES string of the molecule is COCCOCCOCCN(C#N)S(=O)(=O)/C=C/c1ccc2cc(N3CCCCC3)ccc2c1. The molecule has 1 aliphatic rings. The zero-order valence-corrected chi connectivity index (χ0v) is 20.5. The minimum absolute atomic E-state index is 0.0573. The molecular formula is C25H33N3O5S. The standard InChI is InChI=1S/C25H33N3O5S/c1-31-14-15-33-17-16-32-13-12-28(21-26)34(29,30)18-9-22-5-6-24-20-25(8-7-23(24)19-22)27-10-3-2-4-11-27/h5-9,18-20H,2-4,10-17H2,1H3/b18-9+. The molecule has 1 saturated heterocycles. The molecule has 9 heteroatoms. The molecular weight excluding hydrogens is 454 g/mol. The van der Waals surface area contributed by atoms with Gasteiger partial charge >= 0.3 is 0 Å². The Hall–Kier alpha value is -2.64. The fourth-order valence-corrected chi connectivity index (χ4v) is 4.71. The summed E-state index contributed by atoms with van der Waals surface area (Å²) in [6.45, 7) is 3.89. The smallest absolute Gasteiger partial charge is 0.265 e. The van der Waals surface area contributed by atoms with Crippen LogP contribution in [0, 0.1) is 11.5 Å². The molecule has 0 atom stereocenters. The minimum atomic E-state index is -3.89. The quantitative estimate of drug-likeness (QED) is 0.242. The first kappa shape index (κ1) is 26.0. The van der Waals surface area contributed by atoms with Crippen LogP contribution in [0.25, 0.3) is 16.8 Å². The van der Waals surface area contributed by atoms with E-state index in [4.69, 9.17) is 14.2 Å². The molecule has 0 N–H and O–H groups in total. The second-order valence-corrected chi connectivity index (χ2v) is 9.82. The molecule has 0 saturated carbocycles. The first-order chi connectivity index (χ1) is 16.5. The molecule has 34 heavy (non-hydrogen) atoms. The Labute approximate surface area is 202 Å². The molecule has 184 valence electrons. The number of ether oxygens (including phenoxy) is 3. The van der Waals surface area contributed by atoms with Gasteiger partial charge in [0.05, 0.1) is 45.0 Å². The summed E-state index contributed by atoms with van der Waals surface area (Å²) in [5.41, 5.74) is 1.98. The van der Waals surface area contributed by atoms with Gasteiger partial charge in [-0.1, -0.05) is 18.2 Å². The van der Waals surface area contributed by atoms with Crippen LogP contribution in [0.3, 0.4) is 0 Å². The van der Waals surface area contributed by atoms with Gasteiger partial charge in [-0.2, -0.15) is 5.26 Å². The topological polar surface area (TPSA) is 92.1 Å². The molecule has 1 fully saturated rings. The first-order valence-corrected chi connectivity index (χ1v) is 13.1. The third-order valence-corrected chi connectivity index (χ3v) is 7.02. The molecule has 0 bridgehead atoms. The highest BCUT2D eigenvalue weighted by Crippen LogP contribution is 2.26. The third-order valence-electron chi connectivity index (χ3n) is 5.66. The lowest BCUT2D eigenvalue weighted by Gasteiger charge is -2.29. The summed E-state index contributed by atoms with van der Waals surface area (Å²) in [6, 6.07) is 12.2. The Morgan fingerprint density at radius 1 is 0.971 bits per heavy atom. The normalized spacial score (nSPS) is 14.5.